The number of fused-ring (bicyclic) bond motifs is 2. The van der Waals surface area contributed by atoms with Crippen LogP contribution in [0, 0.1) is 0 Å². The van der Waals surface area contributed by atoms with Gasteiger partial charge in [0.25, 0.3) is 0 Å². The summed E-state index contributed by atoms with van der Waals surface area (Å²) >= 11 is 0. The van der Waals surface area contributed by atoms with Crippen molar-refractivity contribution in [3.05, 3.63) is 24.8 Å². The second-order valence-electron chi connectivity index (χ2n) is 8.50. The van der Waals surface area contributed by atoms with Crippen molar-refractivity contribution in [1.82, 2.24) is 29.7 Å². The van der Waals surface area contributed by atoms with E-state index in [4.69, 9.17) is 28.4 Å². The van der Waals surface area contributed by atoms with Gasteiger partial charge in [0.15, 0.2) is 0 Å². The van der Waals surface area contributed by atoms with Crippen LogP contribution in [0.1, 0.15) is 0 Å². The maximum Gasteiger partial charge on any atom is 0.217 e. The van der Waals surface area contributed by atoms with Gasteiger partial charge >= 0.3 is 0 Å². The minimum atomic E-state index is -0.262. The van der Waals surface area contributed by atoms with Gasteiger partial charge in [-0.25, -0.2) is 29.7 Å². The van der Waals surface area contributed by atoms with Crippen molar-refractivity contribution in [3.63, 3.8) is 0 Å². The fourth-order valence-corrected chi connectivity index (χ4v) is 4.34. The van der Waals surface area contributed by atoms with E-state index in [1.807, 2.05) is 0 Å². The molecule has 4 aliphatic rings. The zero-order chi connectivity index (χ0) is 21.4. The lowest BCUT2D eigenvalue weighted by atomic mass is 10.0. The Hall–Kier alpha value is -2.48. The Morgan fingerprint density at radius 1 is 0.656 bits per heavy atom. The summed E-state index contributed by atoms with van der Waals surface area (Å²) < 4.78 is 34.3. The molecule has 0 aromatic carbocycles. The maximum atomic E-state index is 5.99. The Bertz CT molecular complexity index is 882. The van der Waals surface area contributed by atoms with Gasteiger partial charge in [-0.2, -0.15) is 0 Å². The minimum absolute atomic E-state index is 0.262. The summed E-state index contributed by atoms with van der Waals surface area (Å²) in [6.07, 6.45) is 2.92. The van der Waals surface area contributed by atoms with Gasteiger partial charge < -0.3 is 28.4 Å². The normalized spacial score (nSPS) is 23.9. The number of rotatable bonds is 7. The average molecular weight is 444 g/mol. The molecule has 6 heterocycles. The lowest BCUT2D eigenvalue weighted by Crippen LogP contribution is -2.48. The molecule has 0 aliphatic carbocycles. The van der Waals surface area contributed by atoms with Crippen molar-refractivity contribution in [2.24, 2.45) is 0 Å². The van der Waals surface area contributed by atoms with Crippen molar-refractivity contribution in [1.29, 1.82) is 0 Å². The van der Waals surface area contributed by atoms with E-state index in [-0.39, 0.29) is 11.1 Å². The molecule has 0 radical (unpaired) electrons. The Morgan fingerprint density at radius 3 is 1.47 bits per heavy atom. The highest BCUT2D eigenvalue weighted by Crippen LogP contribution is 2.31. The molecular formula is C20H24N6O6. The van der Waals surface area contributed by atoms with Crippen LogP contribution in [0.25, 0.3) is 11.4 Å². The average Bonchev–Trinajstić information content (AvgIpc) is 3.57. The van der Waals surface area contributed by atoms with Crippen LogP contribution in [0.2, 0.25) is 0 Å². The van der Waals surface area contributed by atoms with Gasteiger partial charge in [0.2, 0.25) is 11.8 Å². The third-order valence-corrected chi connectivity index (χ3v) is 6.34. The predicted molar refractivity (Wildman–Crippen MR) is 106 cm³/mol. The number of hydrogen-bond acceptors (Lipinski definition) is 12. The Labute approximate surface area is 184 Å². The van der Waals surface area contributed by atoms with Gasteiger partial charge in [-0.3, -0.25) is 0 Å². The first-order valence-corrected chi connectivity index (χ1v) is 10.5. The molecule has 12 heteroatoms. The fraction of sp³-hybridized carbons (Fsp3) is 0.600. The number of aromatic nitrogens is 4. The second kappa shape index (κ2) is 8.14. The molecule has 32 heavy (non-hydrogen) atoms. The molecule has 0 amide bonds. The molecule has 6 rings (SSSR count). The minimum Gasteiger partial charge on any atom is -0.475 e. The molecule has 0 spiro atoms. The molecule has 4 saturated heterocycles. The van der Waals surface area contributed by atoms with E-state index in [1.165, 1.54) is 12.7 Å². The van der Waals surface area contributed by atoms with E-state index < -0.39 is 0 Å². The maximum absolute atomic E-state index is 5.99. The van der Waals surface area contributed by atoms with Gasteiger partial charge in [0, 0.05) is 12.1 Å². The lowest BCUT2D eigenvalue weighted by Gasteiger charge is -2.26. The van der Waals surface area contributed by atoms with E-state index in [0.29, 0.717) is 89.7 Å². The first-order chi connectivity index (χ1) is 15.7. The van der Waals surface area contributed by atoms with Gasteiger partial charge in [-0.1, -0.05) is 0 Å². The molecule has 12 nitrogen and oxygen atoms in total. The zero-order valence-electron chi connectivity index (χ0n) is 17.5. The van der Waals surface area contributed by atoms with Crippen molar-refractivity contribution >= 4 is 0 Å². The van der Waals surface area contributed by atoms with E-state index in [0.717, 1.165) is 0 Å². The molecule has 4 aliphatic heterocycles. The van der Waals surface area contributed by atoms with E-state index >= 15 is 0 Å². The van der Waals surface area contributed by atoms with Crippen LogP contribution < -0.4 is 9.47 Å². The van der Waals surface area contributed by atoms with E-state index in [1.54, 1.807) is 12.1 Å². The summed E-state index contributed by atoms with van der Waals surface area (Å²) in [4.78, 5) is 21.4. The van der Waals surface area contributed by atoms with E-state index in [9.17, 15) is 0 Å². The van der Waals surface area contributed by atoms with Crippen molar-refractivity contribution < 1.29 is 28.4 Å². The summed E-state index contributed by atoms with van der Waals surface area (Å²) in [7, 11) is 0. The standard InChI is InChI=1S/C20H24N6O6/c1-15(21-9-23-17(1)31-7-19-3-27-11-25(19)12-28-4-19)16-2-18(24-10-22-16)32-8-20-5-29-13-26(20)14-30-6-20/h1-2,9-10H,3-8,11-14H2. The molecule has 0 saturated carbocycles. The van der Waals surface area contributed by atoms with E-state index in [2.05, 4.69) is 29.7 Å². The summed E-state index contributed by atoms with van der Waals surface area (Å²) in [5, 5.41) is 0. The fourth-order valence-electron chi connectivity index (χ4n) is 4.34. The monoisotopic (exact) mass is 444 g/mol. The Morgan fingerprint density at radius 2 is 1.06 bits per heavy atom. The smallest absolute Gasteiger partial charge is 0.217 e. The molecular weight excluding hydrogens is 420 g/mol. The van der Waals surface area contributed by atoms with Crippen LogP contribution in [-0.4, -0.2) is 107 Å². The summed E-state index contributed by atoms with van der Waals surface area (Å²) in [5.74, 6) is 0.926. The highest BCUT2D eigenvalue weighted by atomic mass is 16.6. The van der Waals surface area contributed by atoms with Crippen LogP contribution in [-0.2, 0) is 18.9 Å². The molecule has 2 aromatic rings. The topological polar surface area (TPSA) is 113 Å². The van der Waals surface area contributed by atoms with Gasteiger partial charge in [0.05, 0.1) is 37.8 Å². The first-order valence-electron chi connectivity index (χ1n) is 10.5. The highest BCUT2D eigenvalue weighted by molar-refractivity contribution is 5.55. The van der Waals surface area contributed by atoms with Crippen molar-refractivity contribution in [2.75, 3.05) is 66.6 Å². The summed E-state index contributed by atoms with van der Waals surface area (Å²) in [6.45, 7) is 5.37. The second-order valence-corrected chi connectivity index (χ2v) is 8.50. The largest absolute Gasteiger partial charge is 0.475 e. The van der Waals surface area contributed by atoms with Crippen LogP contribution in [0.5, 0.6) is 11.8 Å². The summed E-state index contributed by atoms with van der Waals surface area (Å²) in [6, 6.07) is 3.52. The predicted octanol–water partition coefficient (Wildman–Crippen LogP) is -0.276. The van der Waals surface area contributed by atoms with Gasteiger partial charge in [0.1, 0.15) is 63.9 Å². The van der Waals surface area contributed by atoms with Crippen LogP contribution in [0.4, 0.5) is 0 Å². The number of ether oxygens (including phenoxy) is 6. The van der Waals surface area contributed by atoms with Gasteiger partial charge in [-0.15, -0.1) is 0 Å². The number of nitrogens with zero attached hydrogens (tertiary/aromatic N) is 6. The van der Waals surface area contributed by atoms with Crippen molar-refractivity contribution in [3.8, 4) is 23.1 Å². The highest BCUT2D eigenvalue weighted by Gasteiger charge is 2.48. The lowest BCUT2D eigenvalue weighted by molar-refractivity contribution is 0.0692. The Kier molecular flexibility index (Phi) is 5.12. The Balaban J connectivity index is 1.13. The molecule has 0 N–H and O–H groups in total. The SMILES string of the molecule is c1nc(OCC23COCN2COC3)cc(-c2cc(OCC34COCN3COC4)ncn2)n1. The first kappa shape index (κ1) is 20.1. The number of hydrogen-bond donors (Lipinski definition) is 0. The third-order valence-electron chi connectivity index (χ3n) is 6.34. The zero-order valence-corrected chi connectivity index (χ0v) is 17.5. The third kappa shape index (κ3) is 3.58. The van der Waals surface area contributed by atoms with Crippen LogP contribution in [0.3, 0.4) is 0 Å². The van der Waals surface area contributed by atoms with Crippen molar-refractivity contribution in [2.45, 2.75) is 11.1 Å². The van der Waals surface area contributed by atoms with Gasteiger partial charge in [-0.05, 0) is 0 Å². The molecule has 0 bridgehead atoms. The molecule has 0 atom stereocenters. The van der Waals surface area contributed by atoms with Crippen LogP contribution >= 0.6 is 0 Å². The quantitative estimate of drug-likeness (QED) is 0.560. The molecule has 0 unspecified atom stereocenters. The molecule has 4 fully saturated rings. The van der Waals surface area contributed by atoms with Crippen LogP contribution in [0.15, 0.2) is 24.8 Å². The summed E-state index contributed by atoms with van der Waals surface area (Å²) in [5.41, 5.74) is 0.718. The molecule has 2 aromatic heterocycles. The molecule has 170 valence electrons.